The maximum atomic E-state index is 9.33. The van der Waals surface area contributed by atoms with Crippen molar-refractivity contribution in [1.82, 2.24) is 0 Å². The first-order chi connectivity index (χ1) is 28.1. The van der Waals surface area contributed by atoms with Crippen molar-refractivity contribution < 1.29 is 11.0 Å². The lowest BCUT2D eigenvalue weighted by Crippen LogP contribution is -2.10. The largest absolute Gasteiger partial charge is 0.311 e. The summed E-state index contributed by atoms with van der Waals surface area (Å²) in [5, 5.41) is 0. The fraction of sp³-hybridized carbons (Fsp3) is 0. The Morgan fingerprint density at radius 2 is 0.780 bits per heavy atom. The molecule has 7 aromatic rings. The zero-order chi connectivity index (χ0) is 41.1. The molecule has 0 bridgehead atoms. The molecule has 0 aliphatic carbocycles. The van der Waals surface area contributed by atoms with E-state index in [0.717, 1.165) is 22.3 Å². The maximum Gasteiger partial charge on any atom is 0.0645 e. The van der Waals surface area contributed by atoms with Crippen molar-refractivity contribution in [2.75, 3.05) is 9.80 Å². The van der Waals surface area contributed by atoms with Crippen molar-refractivity contribution in [3.8, 4) is 22.3 Å². The third-order valence-electron chi connectivity index (χ3n) is 8.16. The first kappa shape index (κ1) is 23.6. The van der Waals surface area contributed by atoms with E-state index < -0.39 is 48.3 Å². The lowest BCUT2D eigenvalue weighted by molar-refractivity contribution is 1.28. The standard InChI is InChI=1S/C48H38N2/c1-3-14-37(4-2)39-21-29-45(30-22-39)49(43-17-10-6-11-18-43)47-33-25-41(26-34-47)42-27-35-48(36-28-42)50(44-19-12-7-13-20-44)46-31-23-40(24-32-46)38-15-8-5-9-16-38/h3-36H,1-2H2/b37-14+/i25D,26D,27D,28D,33D,34D,35D,36D. The van der Waals surface area contributed by atoms with Gasteiger partial charge in [-0.25, -0.2) is 0 Å². The van der Waals surface area contributed by atoms with Gasteiger partial charge in [-0.15, -0.1) is 0 Å². The second-order valence-electron chi connectivity index (χ2n) is 11.3. The number of rotatable bonds is 11. The van der Waals surface area contributed by atoms with Crippen LogP contribution < -0.4 is 9.80 Å². The van der Waals surface area contributed by atoms with Crippen molar-refractivity contribution in [3.63, 3.8) is 0 Å². The summed E-state index contributed by atoms with van der Waals surface area (Å²) in [6.07, 6.45) is 5.22. The second kappa shape index (κ2) is 15.1. The highest BCUT2D eigenvalue weighted by Gasteiger charge is 2.15. The van der Waals surface area contributed by atoms with Crippen LogP contribution in [-0.4, -0.2) is 0 Å². The van der Waals surface area contributed by atoms with Crippen LogP contribution in [0.15, 0.2) is 219 Å². The van der Waals surface area contributed by atoms with Gasteiger partial charge < -0.3 is 9.80 Å². The van der Waals surface area contributed by atoms with E-state index >= 15 is 0 Å². The normalized spacial score (nSPS) is 13.3. The molecule has 0 N–H and O–H groups in total. The molecule has 0 spiro atoms. The SMILES string of the molecule is [2H]c1c([2H])c(N(c2ccccc2)c2ccc(/C(C=C)=C/C=C)cc2)c([2H])c([2H])c1-c1c([2H])c([2H])c(N(c2ccccc2)c2ccc(-c3ccccc3)cc2)c([2H])c1[2H]. The Hall–Kier alpha value is -6.64. The number of allylic oxidation sites excluding steroid dienone is 4. The van der Waals surface area contributed by atoms with Gasteiger partial charge >= 0.3 is 0 Å². The minimum Gasteiger partial charge on any atom is -0.311 e. The zero-order valence-electron chi connectivity index (χ0n) is 35.3. The number of nitrogens with zero attached hydrogens (tertiary/aromatic N) is 2. The van der Waals surface area contributed by atoms with Crippen LogP contribution in [0.3, 0.4) is 0 Å². The summed E-state index contributed by atoms with van der Waals surface area (Å²) in [4.78, 5) is 3.30. The summed E-state index contributed by atoms with van der Waals surface area (Å²) in [5.41, 5.74) is 5.33. The molecular formula is C48H38N2. The Kier molecular flexibility index (Phi) is 7.12. The second-order valence-corrected chi connectivity index (χ2v) is 11.3. The highest BCUT2D eigenvalue weighted by Crippen LogP contribution is 2.38. The molecule has 50 heavy (non-hydrogen) atoms. The lowest BCUT2D eigenvalue weighted by atomic mass is 10.0. The topological polar surface area (TPSA) is 6.48 Å². The number of para-hydroxylation sites is 2. The van der Waals surface area contributed by atoms with E-state index in [1.807, 2.05) is 133 Å². The molecule has 0 aromatic heterocycles. The summed E-state index contributed by atoms with van der Waals surface area (Å²) in [6.45, 7) is 7.67. The van der Waals surface area contributed by atoms with Crippen molar-refractivity contribution in [2.24, 2.45) is 0 Å². The van der Waals surface area contributed by atoms with Gasteiger partial charge in [-0.1, -0.05) is 147 Å². The predicted octanol–water partition coefficient (Wildman–Crippen LogP) is 13.7. The van der Waals surface area contributed by atoms with Crippen LogP contribution in [0.5, 0.6) is 0 Å². The summed E-state index contributed by atoms with van der Waals surface area (Å²) >= 11 is 0. The zero-order valence-corrected chi connectivity index (χ0v) is 27.3. The summed E-state index contributed by atoms with van der Waals surface area (Å²) in [6, 6.07) is 39.4. The van der Waals surface area contributed by atoms with Gasteiger partial charge in [-0.05, 0) is 106 Å². The Morgan fingerprint density at radius 1 is 0.400 bits per heavy atom. The Balaban J connectivity index is 1.39. The highest BCUT2D eigenvalue weighted by molar-refractivity contribution is 5.82. The van der Waals surface area contributed by atoms with Gasteiger partial charge in [0.1, 0.15) is 0 Å². The molecule has 0 aliphatic rings. The number of benzene rings is 7. The van der Waals surface area contributed by atoms with E-state index in [1.54, 1.807) is 34.1 Å². The van der Waals surface area contributed by atoms with Crippen molar-refractivity contribution >= 4 is 39.7 Å². The molecule has 2 heteroatoms. The van der Waals surface area contributed by atoms with Crippen molar-refractivity contribution in [3.05, 3.63) is 225 Å². The molecule has 0 radical (unpaired) electrons. The molecule has 0 saturated carbocycles. The smallest absolute Gasteiger partial charge is 0.0645 e. The van der Waals surface area contributed by atoms with Gasteiger partial charge in [0.15, 0.2) is 0 Å². The van der Waals surface area contributed by atoms with Crippen LogP contribution in [0.4, 0.5) is 34.1 Å². The van der Waals surface area contributed by atoms with Crippen LogP contribution in [0, 0.1) is 0 Å². The molecule has 7 aromatic carbocycles. The third kappa shape index (κ3) is 6.96. The van der Waals surface area contributed by atoms with E-state index in [4.69, 9.17) is 0 Å². The van der Waals surface area contributed by atoms with E-state index in [9.17, 15) is 11.0 Å². The number of hydrogen-bond donors (Lipinski definition) is 0. The molecule has 0 fully saturated rings. The van der Waals surface area contributed by atoms with Gasteiger partial charge in [0.05, 0.1) is 11.0 Å². The van der Waals surface area contributed by atoms with Gasteiger partial charge in [0.25, 0.3) is 0 Å². The van der Waals surface area contributed by atoms with Crippen molar-refractivity contribution in [2.45, 2.75) is 0 Å². The maximum absolute atomic E-state index is 9.33. The average Bonchev–Trinajstić information content (AvgIpc) is 3.26. The summed E-state index contributed by atoms with van der Waals surface area (Å²) in [7, 11) is 0. The van der Waals surface area contributed by atoms with Gasteiger partial charge in [-0.2, -0.15) is 0 Å². The molecule has 0 unspecified atom stereocenters. The molecule has 240 valence electrons. The van der Waals surface area contributed by atoms with Crippen LogP contribution >= 0.6 is 0 Å². The third-order valence-corrected chi connectivity index (χ3v) is 8.16. The molecule has 0 atom stereocenters. The minimum atomic E-state index is -0.499. The fourth-order valence-electron chi connectivity index (χ4n) is 5.70. The molecule has 7 rings (SSSR count). The average molecular weight is 651 g/mol. The number of anilines is 6. The molecule has 2 nitrogen and oxygen atoms in total. The van der Waals surface area contributed by atoms with E-state index in [-0.39, 0.29) is 22.5 Å². The lowest BCUT2D eigenvalue weighted by Gasteiger charge is -2.26. The van der Waals surface area contributed by atoms with Crippen LogP contribution in [0.1, 0.15) is 16.5 Å². The van der Waals surface area contributed by atoms with Gasteiger partial charge in [-0.3, -0.25) is 0 Å². The molecular weight excluding hydrogens is 605 g/mol. The summed E-state index contributed by atoms with van der Waals surface area (Å²) < 4.78 is 74.4. The Morgan fingerprint density at radius 3 is 1.20 bits per heavy atom. The first-order valence-corrected chi connectivity index (χ1v) is 16.2. The Bertz CT molecular complexity index is 2610. The van der Waals surface area contributed by atoms with Gasteiger partial charge in [0, 0.05) is 34.1 Å². The van der Waals surface area contributed by atoms with Crippen molar-refractivity contribution in [1.29, 1.82) is 0 Å². The van der Waals surface area contributed by atoms with E-state index in [1.165, 1.54) is 0 Å². The van der Waals surface area contributed by atoms with Crippen LogP contribution in [0.2, 0.25) is 0 Å². The van der Waals surface area contributed by atoms with Gasteiger partial charge in [0.2, 0.25) is 0 Å². The van der Waals surface area contributed by atoms with Crippen LogP contribution in [-0.2, 0) is 0 Å². The molecule has 0 saturated heterocycles. The Labute approximate surface area is 307 Å². The van der Waals surface area contributed by atoms with E-state index in [2.05, 4.69) is 13.2 Å². The predicted molar refractivity (Wildman–Crippen MR) is 215 cm³/mol. The minimum absolute atomic E-state index is 0.0227. The molecule has 0 aliphatic heterocycles. The first-order valence-electron chi connectivity index (χ1n) is 20.2. The highest BCUT2D eigenvalue weighted by atomic mass is 15.1. The fourth-order valence-corrected chi connectivity index (χ4v) is 5.70. The van der Waals surface area contributed by atoms with E-state index in [0.29, 0.717) is 22.7 Å². The molecule has 0 heterocycles. The quantitative estimate of drug-likeness (QED) is 0.129. The van der Waals surface area contributed by atoms with Crippen LogP contribution in [0.25, 0.3) is 27.8 Å². The number of hydrogen-bond acceptors (Lipinski definition) is 2. The monoisotopic (exact) mass is 650 g/mol. The molecule has 0 amide bonds. The summed E-state index contributed by atoms with van der Waals surface area (Å²) in [5.74, 6) is 0.